The second-order valence-electron chi connectivity index (χ2n) is 3.81. The fourth-order valence-corrected chi connectivity index (χ4v) is 3.15. The van der Waals surface area contributed by atoms with Crippen LogP contribution in [0.3, 0.4) is 0 Å². The van der Waals surface area contributed by atoms with Gasteiger partial charge in [0.1, 0.15) is 6.04 Å². The molecule has 9 heteroatoms. The summed E-state index contributed by atoms with van der Waals surface area (Å²) in [7, 11) is -2.87. The van der Waals surface area contributed by atoms with Crippen LogP contribution < -0.4 is 4.72 Å². The Kier molecular flexibility index (Phi) is 5.48. The predicted molar refractivity (Wildman–Crippen MR) is 77.9 cm³/mol. The Morgan fingerprint density at radius 3 is 2.50 bits per heavy atom. The van der Waals surface area contributed by atoms with Crippen LogP contribution >= 0.6 is 22.6 Å². The average molecular weight is 413 g/mol. The number of methoxy groups -OCH3 is 1. The lowest BCUT2D eigenvalue weighted by atomic mass is 10.2. The fourth-order valence-electron chi connectivity index (χ4n) is 1.36. The van der Waals surface area contributed by atoms with E-state index in [0.29, 0.717) is 3.57 Å². The molecule has 0 saturated heterocycles. The maximum absolute atomic E-state index is 12.0. The molecular weight excluding hydrogens is 401 g/mol. The molecule has 0 bridgehead atoms. The van der Waals surface area contributed by atoms with E-state index in [1.165, 1.54) is 19.1 Å². The minimum absolute atomic E-state index is 0.126. The van der Waals surface area contributed by atoms with Crippen molar-refractivity contribution in [1.82, 2.24) is 4.72 Å². The van der Waals surface area contributed by atoms with Gasteiger partial charge < -0.3 is 9.84 Å². The second-order valence-corrected chi connectivity index (χ2v) is 6.69. The summed E-state index contributed by atoms with van der Waals surface area (Å²) < 4.78 is 31.0. The maximum atomic E-state index is 12.0. The van der Waals surface area contributed by atoms with Crippen molar-refractivity contribution in [2.45, 2.75) is 17.9 Å². The molecule has 0 aliphatic carbocycles. The molecule has 1 aromatic carbocycles. The predicted octanol–water partition coefficient (Wildman–Crippen LogP) is 0.829. The summed E-state index contributed by atoms with van der Waals surface area (Å²) in [6, 6.07) is 2.61. The molecule has 7 nitrogen and oxygen atoms in total. The van der Waals surface area contributed by atoms with Crippen LogP contribution in [0, 0.1) is 3.57 Å². The van der Waals surface area contributed by atoms with E-state index in [1.54, 1.807) is 22.6 Å². The number of aromatic carboxylic acids is 1. The third kappa shape index (κ3) is 3.90. The molecular formula is C11H12INO6S. The first kappa shape index (κ1) is 16.9. The molecule has 20 heavy (non-hydrogen) atoms. The number of ether oxygens (including phenoxy) is 1. The van der Waals surface area contributed by atoms with Gasteiger partial charge in [-0.3, -0.25) is 4.79 Å². The number of benzene rings is 1. The molecule has 0 heterocycles. The molecule has 1 atom stereocenters. The highest BCUT2D eigenvalue weighted by atomic mass is 127. The number of nitrogens with one attached hydrogen (secondary N) is 1. The number of rotatable bonds is 5. The third-order valence-electron chi connectivity index (χ3n) is 2.37. The van der Waals surface area contributed by atoms with Crippen LogP contribution in [0.2, 0.25) is 0 Å². The van der Waals surface area contributed by atoms with Crippen molar-refractivity contribution >= 4 is 44.6 Å². The molecule has 1 rings (SSSR count). The topological polar surface area (TPSA) is 110 Å². The van der Waals surface area contributed by atoms with Crippen LogP contribution in [0.25, 0.3) is 0 Å². The van der Waals surface area contributed by atoms with Crippen LogP contribution in [0.5, 0.6) is 0 Å². The first-order valence-electron chi connectivity index (χ1n) is 5.32. The van der Waals surface area contributed by atoms with Crippen molar-refractivity contribution in [2.24, 2.45) is 0 Å². The molecule has 0 radical (unpaired) electrons. The summed E-state index contributed by atoms with van der Waals surface area (Å²) in [5, 5.41) is 8.97. The zero-order valence-electron chi connectivity index (χ0n) is 10.6. The monoisotopic (exact) mass is 413 g/mol. The van der Waals surface area contributed by atoms with Gasteiger partial charge in [0, 0.05) is 3.57 Å². The SMILES string of the molecule is COC(=O)C(C)NS(=O)(=O)c1ccc(I)c(C(=O)O)c1. The normalized spacial score (nSPS) is 12.8. The summed E-state index contributed by atoms with van der Waals surface area (Å²) >= 11 is 1.79. The molecule has 2 N–H and O–H groups in total. The Bertz CT molecular complexity index is 642. The number of carboxylic acids is 1. The van der Waals surface area contributed by atoms with E-state index in [9.17, 15) is 18.0 Å². The van der Waals surface area contributed by atoms with Crippen molar-refractivity contribution in [2.75, 3.05) is 7.11 Å². The largest absolute Gasteiger partial charge is 0.478 e. The second kappa shape index (κ2) is 6.50. The van der Waals surface area contributed by atoms with E-state index in [0.717, 1.165) is 13.2 Å². The van der Waals surface area contributed by atoms with Crippen molar-refractivity contribution in [1.29, 1.82) is 0 Å². The smallest absolute Gasteiger partial charge is 0.336 e. The summed E-state index contributed by atoms with van der Waals surface area (Å²) in [6.07, 6.45) is 0. The number of carboxylic acid groups (broad SMARTS) is 1. The number of halogens is 1. The van der Waals surface area contributed by atoms with Crippen LogP contribution in [0.15, 0.2) is 23.1 Å². The summed E-state index contributed by atoms with van der Waals surface area (Å²) in [4.78, 5) is 22.0. The van der Waals surface area contributed by atoms with E-state index in [1.807, 2.05) is 0 Å². The Hall–Kier alpha value is -1.20. The molecule has 0 aromatic heterocycles. The Morgan fingerprint density at radius 1 is 1.40 bits per heavy atom. The van der Waals surface area contributed by atoms with Crippen LogP contribution in [-0.2, 0) is 19.6 Å². The highest BCUT2D eigenvalue weighted by Gasteiger charge is 2.24. The first-order chi connectivity index (χ1) is 9.19. The van der Waals surface area contributed by atoms with Gasteiger partial charge >= 0.3 is 11.9 Å². The maximum Gasteiger partial charge on any atom is 0.336 e. The minimum atomic E-state index is -4.00. The zero-order chi connectivity index (χ0) is 15.5. The number of carbonyl (C=O) groups excluding carboxylic acids is 1. The van der Waals surface area contributed by atoms with Crippen LogP contribution in [-0.4, -0.2) is 38.6 Å². The van der Waals surface area contributed by atoms with E-state index >= 15 is 0 Å². The molecule has 0 fully saturated rings. The van der Waals surface area contributed by atoms with Gasteiger partial charge in [-0.05, 0) is 47.7 Å². The van der Waals surface area contributed by atoms with Gasteiger partial charge in [-0.15, -0.1) is 0 Å². The van der Waals surface area contributed by atoms with Gasteiger partial charge in [0.15, 0.2) is 0 Å². The highest BCUT2D eigenvalue weighted by Crippen LogP contribution is 2.18. The van der Waals surface area contributed by atoms with Crippen molar-refractivity contribution in [3.8, 4) is 0 Å². The molecule has 1 aromatic rings. The quantitative estimate of drug-likeness (QED) is 0.547. The number of carbonyl (C=O) groups is 2. The molecule has 0 saturated carbocycles. The van der Waals surface area contributed by atoms with Crippen LogP contribution in [0.1, 0.15) is 17.3 Å². The Labute approximate surface area is 129 Å². The van der Waals surface area contributed by atoms with Crippen molar-refractivity contribution < 1.29 is 27.9 Å². The van der Waals surface area contributed by atoms with Crippen molar-refractivity contribution in [3.05, 3.63) is 27.3 Å². The van der Waals surface area contributed by atoms with Gasteiger partial charge in [0.25, 0.3) is 0 Å². The lowest BCUT2D eigenvalue weighted by Gasteiger charge is -2.12. The molecule has 0 spiro atoms. The summed E-state index contributed by atoms with van der Waals surface area (Å²) in [5.74, 6) is -1.97. The Morgan fingerprint density at radius 2 is 2.00 bits per heavy atom. The molecule has 110 valence electrons. The lowest BCUT2D eigenvalue weighted by molar-refractivity contribution is -0.142. The average Bonchev–Trinajstić information content (AvgIpc) is 2.36. The van der Waals surface area contributed by atoms with Gasteiger partial charge in [-0.25, -0.2) is 13.2 Å². The standard InChI is InChI=1S/C11H12INO6S/c1-6(11(16)19-2)13-20(17,18)7-3-4-9(12)8(5-7)10(14)15/h3-6,13H,1-2H3,(H,14,15). The molecule has 1 unspecified atom stereocenters. The van der Waals surface area contributed by atoms with Gasteiger partial charge in [0.2, 0.25) is 10.0 Å². The number of sulfonamides is 1. The Balaban J connectivity index is 3.13. The molecule has 0 aliphatic rings. The zero-order valence-corrected chi connectivity index (χ0v) is 13.6. The highest BCUT2D eigenvalue weighted by molar-refractivity contribution is 14.1. The van der Waals surface area contributed by atoms with Gasteiger partial charge in [-0.2, -0.15) is 4.72 Å². The summed E-state index contributed by atoms with van der Waals surface area (Å²) in [5.41, 5.74) is -0.126. The summed E-state index contributed by atoms with van der Waals surface area (Å²) in [6.45, 7) is 1.33. The van der Waals surface area contributed by atoms with Crippen LogP contribution in [0.4, 0.5) is 0 Å². The minimum Gasteiger partial charge on any atom is -0.478 e. The van der Waals surface area contributed by atoms with Gasteiger partial charge in [0.05, 0.1) is 17.6 Å². The van der Waals surface area contributed by atoms with E-state index < -0.39 is 28.0 Å². The third-order valence-corrected chi connectivity index (χ3v) is 4.84. The number of hydrogen-bond donors (Lipinski definition) is 2. The van der Waals surface area contributed by atoms with Gasteiger partial charge in [-0.1, -0.05) is 0 Å². The van der Waals surface area contributed by atoms with E-state index in [-0.39, 0.29) is 10.5 Å². The fraction of sp³-hybridized carbons (Fsp3) is 0.273. The van der Waals surface area contributed by atoms with Crippen molar-refractivity contribution in [3.63, 3.8) is 0 Å². The van der Waals surface area contributed by atoms with E-state index in [4.69, 9.17) is 5.11 Å². The molecule has 0 amide bonds. The lowest BCUT2D eigenvalue weighted by Crippen LogP contribution is -2.39. The molecule has 0 aliphatic heterocycles. The number of hydrogen-bond acceptors (Lipinski definition) is 5. The first-order valence-corrected chi connectivity index (χ1v) is 7.88. The van der Waals surface area contributed by atoms with E-state index in [2.05, 4.69) is 9.46 Å². The number of esters is 1.